The minimum absolute atomic E-state index is 0.718. The van der Waals surface area contributed by atoms with E-state index in [9.17, 15) is 0 Å². The molecule has 0 spiro atoms. The van der Waals surface area contributed by atoms with E-state index in [1.807, 2.05) is 24.3 Å². The molecule has 2 aromatic rings. The van der Waals surface area contributed by atoms with Crippen molar-refractivity contribution in [2.75, 3.05) is 11.9 Å². The number of benzene rings is 1. The third-order valence-electron chi connectivity index (χ3n) is 2.27. The molecule has 2 rings (SSSR count). The topological polar surface area (TPSA) is 24.9 Å². The molecule has 84 valence electrons. The Kier molecular flexibility index (Phi) is 3.66. The van der Waals surface area contributed by atoms with Crippen molar-refractivity contribution >= 4 is 44.3 Å². The van der Waals surface area contributed by atoms with E-state index in [2.05, 4.69) is 33.2 Å². The lowest BCUT2D eigenvalue weighted by Gasteiger charge is -2.06. The quantitative estimate of drug-likeness (QED) is 0.904. The number of fused-ring (bicyclic) bond motifs is 1. The Hall–Kier alpha value is -0.800. The van der Waals surface area contributed by atoms with Gasteiger partial charge in [-0.1, -0.05) is 18.5 Å². The van der Waals surface area contributed by atoms with Crippen LogP contribution in [-0.4, -0.2) is 11.5 Å². The van der Waals surface area contributed by atoms with Gasteiger partial charge < -0.3 is 5.32 Å². The minimum atomic E-state index is 0.718. The molecule has 1 aromatic heterocycles. The molecule has 0 saturated heterocycles. The van der Waals surface area contributed by atoms with E-state index in [1.165, 1.54) is 0 Å². The van der Waals surface area contributed by atoms with Gasteiger partial charge in [0.15, 0.2) is 0 Å². The number of anilines is 1. The van der Waals surface area contributed by atoms with Gasteiger partial charge in [0, 0.05) is 21.4 Å². The summed E-state index contributed by atoms with van der Waals surface area (Å²) in [5.41, 5.74) is 0.936. The molecule has 0 aliphatic heterocycles. The molecule has 0 aliphatic rings. The van der Waals surface area contributed by atoms with E-state index in [1.54, 1.807) is 0 Å². The Morgan fingerprint density at radius 1 is 1.38 bits per heavy atom. The second kappa shape index (κ2) is 5.02. The van der Waals surface area contributed by atoms with Crippen LogP contribution >= 0.6 is 27.5 Å². The summed E-state index contributed by atoms with van der Waals surface area (Å²) in [6, 6.07) is 7.77. The highest BCUT2D eigenvalue weighted by molar-refractivity contribution is 9.10. The molecule has 16 heavy (non-hydrogen) atoms. The van der Waals surface area contributed by atoms with Crippen LogP contribution < -0.4 is 5.32 Å². The minimum Gasteiger partial charge on any atom is -0.370 e. The summed E-state index contributed by atoms with van der Waals surface area (Å²) in [6.07, 6.45) is 1.08. The molecule has 2 nitrogen and oxygen atoms in total. The summed E-state index contributed by atoms with van der Waals surface area (Å²) in [5, 5.41) is 5.02. The molecule has 4 heteroatoms. The van der Waals surface area contributed by atoms with E-state index in [-0.39, 0.29) is 0 Å². The number of nitrogens with one attached hydrogen (secondary N) is 1. The highest BCUT2D eigenvalue weighted by atomic mass is 79.9. The third-order valence-corrected chi connectivity index (χ3v) is 3.09. The molecule has 0 aliphatic carbocycles. The van der Waals surface area contributed by atoms with Gasteiger partial charge in [0.2, 0.25) is 0 Å². The fourth-order valence-electron chi connectivity index (χ4n) is 1.51. The SMILES string of the molecule is CCCNc1ccc2cc(Cl)cc(Br)c2n1. The summed E-state index contributed by atoms with van der Waals surface area (Å²) in [7, 11) is 0. The number of rotatable bonds is 3. The Labute approximate surface area is 108 Å². The van der Waals surface area contributed by atoms with E-state index in [0.717, 1.165) is 39.2 Å². The smallest absolute Gasteiger partial charge is 0.126 e. The van der Waals surface area contributed by atoms with Gasteiger partial charge >= 0.3 is 0 Å². The van der Waals surface area contributed by atoms with Gasteiger partial charge in [-0.05, 0) is 46.6 Å². The summed E-state index contributed by atoms with van der Waals surface area (Å²) >= 11 is 9.45. The molecule has 1 aromatic carbocycles. The number of hydrogen-bond donors (Lipinski definition) is 1. The van der Waals surface area contributed by atoms with Crippen molar-refractivity contribution in [3.8, 4) is 0 Å². The maximum atomic E-state index is 5.97. The number of aromatic nitrogens is 1. The second-order valence-electron chi connectivity index (χ2n) is 3.58. The molecule has 0 radical (unpaired) electrons. The zero-order valence-electron chi connectivity index (χ0n) is 8.93. The average molecular weight is 300 g/mol. The fraction of sp³-hybridized carbons (Fsp3) is 0.250. The lowest BCUT2D eigenvalue weighted by atomic mass is 10.2. The molecule has 0 amide bonds. The molecular formula is C12H12BrClN2. The molecule has 0 bridgehead atoms. The van der Waals surface area contributed by atoms with E-state index in [4.69, 9.17) is 11.6 Å². The van der Waals surface area contributed by atoms with Gasteiger partial charge in [-0.2, -0.15) is 0 Å². The van der Waals surface area contributed by atoms with Crippen molar-refractivity contribution in [2.45, 2.75) is 13.3 Å². The van der Waals surface area contributed by atoms with Crippen molar-refractivity contribution in [2.24, 2.45) is 0 Å². The predicted octanol–water partition coefficient (Wildman–Crippen LogP) is 4.47. The second-order valence-corrected chi connectivity index (χ2v) is 4.87. The molecule has 0 saturated carbocycles. The lowest BCUT2D eigenvalue weighted by molar-refractivity contribution is 0.971. The zero-order chi connectivity index (χ0) is 11.5. The van der Waals surface area contributed by atoms with Crippen molar-refractivity contribution in [3.63, 3.8) is 0 Å². The average Bonchev–Trinajstić information content (AvgIpc) is 2.26. The highest BCUT2D eigenvalue weighted by Crippen LogP contribution is 2.27. The zero-order valence-corrected chi connectivity index (χ0v) is 11.3. The van der Waals surface area contributed by atoms with Crippen molar-refractivity contribution in [3.05, 3.63) is 33.8 Å². The van der Waals surface area contributed by atoms with Gasteiger partial charge in [0.05, 0.1) is 5.52 Å². The normalized spacial score (nSPS) is 10.7. The van der Waals surface area contributed by atoms with E-state index >= 15 is 0 Å². The maximum Gasteiger partial charge on any atom is 0.126 e. The highest BCUT2D eigenvalue weighted by Gasteiger charge is 2.03. The standard InChI is InChI=1S/C12H12BrClN2/c1-2-5-15-11-4-3-8-6-9(14)7-10(13)12(8)16-11/h3-4,6-7H,2,5H2,1H3,(H,15,16). The van der Waals surface area contributed by atoms with Crippen LogP contribution in [0.1, 0.15) is 13.3 Å². The monoisotopic (exact) mass is 298 g/mol. The van der Waals surface area contributed by atoms with Crippen molar-refractivity contribution in [1.82, 2.24) is 4.98 Å². The lowest BCUT2D eigenvalue weighted by Crippen LogP contribution is -2.01. The number of halogens is 2. The molecule has 1 N–H and O–H groups in total. The van der Waals surface area contributed by atoms with Crippen LogP contribution in [-0.2, 0) is 0 Å². The fourth-order valence-corrected chi connectivity index (χ4v) is 2.43. The first kappa shape index (κ1) is 11.7. The summed E-state index contributed by atoms with van der Waals surface area (Å²) in [6.45, 7) is 3.06. The van der Waals surface area contributed by atoms with Gasteiger partial charge in [0.1, 0.15) is 5.82 Å². The van der Waals surface area contributed by atoms with E-state index < -0.39 is 0 Å². The number of nitrogens with zero attached hydrogens (tertiary/aromatic N) is 1. The van der Waals surface area contributed by atoms with Crippen LogP contribution in [0, 0.1) is 0 Å². The maximum absolute atomic E-state index is 5.97. The Bertz CT molecular complexity index is 514. The largest absolute Gasteiger partial charge is 0.370 e. The Morgan fingerprint density at radius 3 is 2.94 bits per heavy atom. The van der Waals surface area contributed by atoms with Gasteiger partial charge in [0.25, 0.3) is 0 Å². The first-order valence-electron chi connectivity index (χ1n) is 5.20. The van der Waals surface area contributed by atoms with Crippen LogP contribution in [0.5, 0.6) is 0 Å². The predicted molar refractivity (Wildman–Crippen MR) is 73.2 cm³/mol. The number of hydrogen-bond acceptors (Lipinski definition) is 2. The van der Waals surface area contributed by atoms with Crippen LogP contribution in [0.4, 0.5) is 5.82 Å². The van der Waals surface area contributed by atoms with Crippen LogP contribution in [0.25, 0.3) is 10.9 Å². The van der Waals surface area contributed by atoms with Gasteiger partial charge in [-0.15, -0.1) is 0 Å². The molecule has 0 atom stereocenters. The molecular weight excluding hydrogens is 288 g/mol. The van der Waals surface area contributed by atoms with Gasteiger partial charge in [-0.3, -0.25) is 0 Å². The summed E-state index contributed by atoms with van der Waals surface area (Å²) in [5.74, 6) is 0.900. The summed E-state index contributed by atoms with van der Waals surface area (Å²) < 4.78 is 0.926. The first-order chi connectivity index (χ1) is 7.70. The van der Waals surface area contributed by atoms with Crippen molar-refractivity contribution in [1.29, 1.82) is 0 Å². The Balaban J connectivity index is 2.45. The molecule has 0 unspecified atom stereocenters. The van der Waals surface area contributed by atoms with Crippen LogP contribution in [0.15, 0.2) is 28.7 Å². The molecule has 1 heterocycles. The molecule has 0 fully saturated rings. The first-order valence-corrected chi connectivity index (χ1v) is 6.37. The Morgan fingerprint density at radius 2 is 2.19 bits per heavy atom. The van der Waals surface area contributed by atoms with E-state index in [0.29, 0.717) is 0 Å². The third kappa shape index (κ3) is 2.47. The summed E-state index contributed by atoms with van der Waals surface area (Å²) in [4.78, 5) is 4.54. The van der Waals surface area contributed by atoms with Crippen molar-refractivity contribution < 1.29 is 0 Å². The number of pyridine rings is 1. The van der Waals surface area contributed by atoms with Crippen LogP contribution in [0.2, 0.25) is 5.02 Å². The van der Waals surface area contributed by atoms with Crippen LogP contribution in [0.3, 0.4) is 0 Å². The van der Waals surface area contributed by atoms with Gasteiger partial charge in [-0.25, -0.2) is 4.98 Å².